The number of hydrogen-bond acceptors (Lipinski definition) is 6. The van der Waals surface area contributed by atoms with Crippen LogP contribution in [-0.2, 0) is 14.3 Å². The summed E-state index contributed by atoms with van der Waals surface area (Å²) >= 11 is 6.08. The van der Waals surface area contributed by atoms with Crippen molar-refractivity contribution < 1.29 is 14.3 Å². The summed E-state index contributed by atoms with van der Waals surface area (Å²) in [5, 5.41) is 5.66. The number of halogens is 1. The molecule has 1 fully saturated rings. The monoisotopic (exact) mass is 403 g/mol. The van der Waals surface area contributed by atoms with E-state index >= 15 is 0 Å². The van der Waals surface area contributed by atoms with Crippen LogP contribution in [0.4, 0.5) is 17.5 Å². The molecule has 28 heavy (non-hydrogen) atoms. The lowest BCUT2D eigenvalue weighted by Crippen LogP contribution is -2.41. The van der Waals surface area contributed by atoms with Crippen molar-refractivity contribution in [2.75, 3.05) is 41.8 Å². The number of morpholine rings is 1. The molecule has 1 aromatic heterocycles. The molecular formula is C18H18ClN5O4. The zero-order chi connectivity index (χ0) is 19.7. The SMILES string of the molecule is O=C1CC(C(=O)Nc2ccccc2Cl)c2c(nc(N3CCOCC3)[nH]c2=O)N1. The molecule has 0 saturated carbocycles. The Morgan fingerprint density at radius 2 is 2.00 bits per heavy atom. The summed E-state index contributed by atoms with van der Waals surface area (Å²) in [5.41, 5.74) is 0.1000. The highest BCUT2D eigenvalue weighted by molar-refractivity contribution is 6.33. The molecule has 4 rings (SSSR count). The fourth-order valence-corrected chi connectivity index (χ4v) is 3.47. The van der Waals surface area contributed by atoms with E-state index in [0.29, 0.717) is 43.0 Å². The van der Waals surface area contributed by atoms with E-state index in [1.54, 1.807) is 24.3 Å². The van der Waals surface area contributed by atoms with Crippen molar-refractivity contribution >= 4 is 40.9 Å². The van der Waals surface area contributed by atoms with Crippen molar-refractivity contribution in [1.82, 2.24) is 9.97 Å². The number of amides is 2. The summed E-state index contributed by atoms with van der Waals surface area (Å²) in [7, 11) is 0. The number of nitrogens with one attached hydrogen (secondary N) is 3. The third kappa shape index (κ3) is 3.58. The van der Waals surface area contributed by atoms with Crippen molar-refractivity contribution in [2.45, 2.75) is 12.3 Å². The molecular weight excluding hydrogens is 386 g/mol. The van der Waals surface area contributed by atoms with Gasteiger partial charge < -0.3 is 20.3 Å². The van der Waals surface area contributed by atoms with Crippen LogP contribution < -0.4 is 21.1 Å². The van der Waals surface area contributed by atoms with Gasteiger partial charge in [0.05, 0.1) is 35.4 Å². The van der Waals surface area contributed by atoms with Crippen LogP contribution in [0.5, 0.6) is 0 Å². The molecule has 1 saturated heterocycles. The number of aromatic nitrogens is 2. The van der Waals surface area contributed by atoms with Gasteiger partial charge in [0.15, 0.2) is 0 Å². The molecule has 2 aliphatic rings. The lowest BCUT2D eigenvalue weighted by molar-refractivity contribution is -0.123. The van der Waals surface area contributed by atoms with Gasteiger partial charge in [-0.05, 0) is 12.1 Å². The number of aromatic amines is 1. The van der Waals surface area contributed by atoms with E-state index in [0.717, 1.165) is 0 Å². The predicted octanol–water partition coefficient (Wildman–Crippen LogP) is 1.32. The summed E-state index contributed by atoms with van der Waals surface area (Å²) in [4.78, 5) is 46.7. The third-order valence-corrected chi connectivity index (χ3v) is 5.03. The van der Waals surface area contributed by atoms with Gasteiger partial charge >= 0.3 is 0 Å². The number of H-pyrrole nitrogens is 1. The Hall–Kier alpha value is -2.91. The van der Waals surface area contributed by atoms with Crippen LogP contribution in [-0.4, -0.2) is 48.1 Å². The molecule has 1 aromatic carbocycles. The number of carbonyl (C=O) groups excluding carboxylic acids is 2. The van der Waals surface area contributed by atoms with E-state index in [2.05, 4.69) is 20.6 Å². The molecule has 0 bridgehead atoms. The third-order valence-electron chi connectivity index (χ3n) is 4.70. The minimum absolute atomic E-state index is 0.112. The van der Waals surface area contributed by atoms with Gasteiger partial charge in [-0.2, -0.15) is 4.98 Å². The number of nitrogens with zero attached hydrogens (tertiary/aromatic N) is 2. The van der Waals surface area contributed by atoms with E-state index < -0.39 is 17.4 Å². The van der Waals surface area contributed by atoms with Crippen molar-refractivity contribution in [3.63, 3.8) is 0 Å². The maximum absolute atomic E-state index is 12.8. The molecule has 3 N–H and O–H groups in total. The summed E-state index contributed by atoms with van der Waals surface area (Å²) < 4.78 is 5.30. The van der Waals surface area contributed by atoms with Crippen molar-refractivity contribution in [3.05, 3.63) is 45.2 Å². The Bertz CT molecular complexity index is 986. The number of benzene rings is 1. The van der Waals surface area contributed by atoms with Crippen LogP contribution in [0.3, 0.4) is 0 Å². The lowest BCUT2D eigenvalue weighted by Gasteiger charge is -2.29. The number of carbonyl (C=O) groups is 2. The van der Waals surface area contributed by atoms with Crippen molar-refractivity contribution in [2.24, 2.45) is 0 Å². The van der Waals surface area contributed by atoms with Gasteiger partial charge in [0.2, 0.25) is 17.8 Å². The maximum Gasteiger partial charge on any atom is 0.258 e. The molecule has 0 radical (unpaired) electrons. The van der Waals surface area contributed by atoms with E-state index in [4.69, 9.17) is 16.3 Å². The Labute approximate surface area is 165 Å². The van der Waals surface area contributed by atoms with E-state index in [1.807, 2.05) is 4.90 Å². The molecule has 2 amide bonds. The summed E-state index contributed by atoms with van der Waals surface area (Å²) in [6.45, 7) is 2.20. The molecule has 10 heteroatoms. The maximum atomic E-state index is 12.8. The zero-order valence-corrected chi connectivity index (χ0v) is 15.6. The van der Waals surface area contributed by atoms with Gasteiger partial charge in [0.1, 0.15) is 5.82 Å². The van der Waals surface area contributed by atoms with Gasteiger partial charge in [-0.25, -0.2) is 0 Å². The van der Waals surface area contributed by atoms with Crippen LogP contribution in [0.1, 0.15) is 17.9 Å². The number of ether oxygens (including phenoxy) is 1. The van der Waals surface area contributed by atoms with Gasteiger partial charge in [-0.3, -0.25) is 19.4 Å². The summed E-state index contributed by atoms with van der Waals surface area (Å²) in [6.07, 6.45) is -0.148. The molecule has 2 aliphatic heterocycles. The summed E-state index contributed by atoms with van der Waals surface area (Å²) in [5.74, 6) is -1.37. The standard InChI is InChI=1S/C18H18ClN5O4/c19-11-3-1-2-4-12(11)20-16(26)10-9-13(25)21-15-14(10)17(27)23-18(22-15)24-5-7-28-8-6-24/h1-4,10H,5-9H2,(H,20,26)(H2,21,22,23,25,27). The van der Waals surface area contributed by atoms with Crippen LogP contribution in [0.2, 0.25) is 5.02 Å². The molecule has 2 aromatic rings. The fraction of sp³-hybridized carbons (Fsp3) is 0.333. The van der Waals surface area contributed by atoms with Gasteiger partial charge in [-0.1, -0.05) is 23.7 Å². The fourth-order valence-electron chi connectivity index (χ4n) is 3.29. The van der Waals surface area contributed by atoms with E-state index in [1.165, 1.54) is 0 Å². The van der Waals surface area contributed by atoms with Gasteiger partial charge in [0, 0.05) is 19.5 Å². The Kier molecular flexibility index (Phi) is 5.01. The van der Waals surface area contributed by atoms with Crippen LogP contribution in [0.15, 0.2) is 29.1 Å². The van der Waals surface area contributed by atoms with Crippen LogP contribution >= 0.6 is 11.6 Å². The molecule has 3 heterocycles. The number of para-hydroxylation sites is 1. The molecule has 9 nitrogen and oxygen atoms in total. The van der Waals surface area contributed by atoms with Crippen LogP contribution in [0, 0.1) is 0 Å². The minimum Gasteiger partial charge on any atom is -0.378 e. The average Bonchev–Trinajstić information content (AvgIpc) is 2.69. The predicted molar refractivity (Wildman–Crippen MR) is 104 cm³/mol. The van der Waals surface area contributed by atoms with Crippen LogP contribution in [0.25, 0.3) is 0 Å². The Morgan fingerprint density at radius 3 is 2.75 bits per heavy atom. The second kappa shape index (κ2) is 7.61. The Morgan fingerprint density at radius 1 is 1.25 bits per heavy atom. The number of fused-ring (bicyclic) bond motifs is 1. The first-order valence-corrected chi connectivity index (χ1v) is 9.23. The number of rotatable bonds is 3. The van der Waals surface area contributed by atoms with E-state index in [9.17, 15) is 14.4 Å². The smallest absolute Gasteiger partial charge is 0.258 e. The Balaban J connectivity index is 1.66. The van der Waals surface area contributed by atoms with E-state index in [-0.39, 0.29) is 23.7 Å². The lowest BCUT2D eigenvalue weighted by atomic mass is 9.92. The zero-order valence-electron chi connectivity index (χ0n) is 14.8. The number of anilines is 3. The van der Waals surface area contributed by atoms with Crippen molar-refractivity contribution in [3.8, 4) is 0 Å². The second-order valence-electron chi connectivity index (χ2n) is 6.53. The first kappa shape index (κ1) is 18.5. The summed E-state index contributed by atoms with van der Waals surface area (Å²) in [6, 6.07) is 6.75. The second-order valence-corrected chi connectivity index (χ2v) is 6.93. The normalized spacial score (nSPS) is 19.0. The number of hydrogen-bond donors (Lipinski definition) is 3. The average molecular weight is 404 g/mol. The molecule has 1 unspecified atom stereocenters. The molecule has 0 spiro atoms. The minimum atomic E-state index is -0.963. The largest absolute Gasteiger partial charge is 0.378 e. The highest BCUT2D eigenvalue weighted by Crippen LogP contribution is 2.31. The molecule has 1 atom stereocenters. The van der Waals surface area contributed by atoms with Crippen molar-refractivity contribution in [1.29, 1.82) is 0 Å². The highest BCUT2D eigenvalue weighted by atomic mass is 35.5. The molecule has 146 valence electrons. The molecule has 0 aliphatic carbocycles. The quantitative estimate of drug-likeness (QED) is 0.711. The first-order chi connectivity index (χ1) is 13.5. The van der Waals surface area contributed by atoms with Gasteiger partial charge in [-0.15, -0.1) is 0 Å². The first-order valence-electron chi connectivity index (χ1n) is 8.85. The van der Waals surface area contributed by atoms with Gasteiger partial charge in [0.25, 0.3) is 5.56 Å². The topological polar surface area (TPSA) is 116 Å². The highest BCUT2D eigenvalue weighted by Gasteiger charge is 2.35.